The van der Waals surface area contributed by atoms with Gasteiger partial charge in [-0.05, 0) is 31.8 Å². The lowest BCUT2D eigenvalue weighted by atomic mass is 9.99. The van der Waals surface area contributed by atoms with Gasteiger partial charge in [0.1, 0.15) is 0 Å². The van der Waals surface area contributed by atoms with Crippen molar-refractivity contribution in [1.82, 2.24) is 14.5 Å². The van der Waals surface area contributed by atoms with Crippen molar-refractivity contribution >= 4 is 15.9 Å². The highest BCUT2D eigenvalue weighted by atomic mass is 79.9. The monoisotopic (exact) mass is 285 g/mol. The largest absolute Gasteiger partial charge is 0.337 e. The molecule has 0 radical (unpaired) electrons. The number of aryl methyl sites for hydroxylation is 1. The molecule has 2 atom stereocenters. The molecule has 1 aromatic heterocycles. The van der Waals surface area contributed by atoms with Crippen LogP contribution < -0.4 is 0 Å². The molecule has 1 aliphatic rings. The first kappa shape index (κ1) is 12.1. The van der Waals surface area contributed by atoms with Crippen molar-refractivity contribution in [2.24, 2.45) is 5.92 Å². The number of aromatic nitrogens is 2. The molecule has 0 saturated carbocycles. The summed E-state index contributed by atoms with van der Waals surface area (Å²) in [5.41, 5.74) is 0. The zero-order valence-electron chi connectivity index (χ0n) is 9.85. The van der Waals surface area contributed by atoms with Gasteiger partial charge in [0.15, 0.2) is 0 Å². The molecule has 0 aliphatic carbocycles. The van der Waals surface area contributed by atoms with Crippen LogP contribution in [0.3, 0.4) is 0 Å². The van der Waals surface area contributed by atoms with Crippen LogP contribution in [-0.4, -0.2) is 38.9 Å². The number of nitrogens with zero attached hydrogens (tertiary/aromatic N) is 3. The van der Waals surface area contributed by atoms with Gasteiger partial charge in [-0.1, -0.05) is 22.9 Å². The van der Waals surface area contributed by atoms with Crippen molar-refractivity contribution in [1.29, 1.82) is 0 Å². The highest BCUT2D eigenvalue weighted by Gasteiger charge is 2.23. The van der Waals surface area contributed by atoms with Gasteiger partial charge in [-0.15, -0.1) is 0 Å². The molecule has 90 valence electrons. The Morgan fingerprint density at radius 2 is 2.31 bits per heavy atom. The maximum Gasteiger partial charge on any atom is 0.0945 e. The Kier molecular flexibility index (Phi) is 4.41. The van der Waals surface area contributed by atoms with E-state index in [1.807, 2.05) is 18.7 Å². The quantitative estimate of drug-likeness (QED) is 0.792. The molecule has 1 fully saturated rings. The van der Waals surface area contributed by atoms with Gasteiger partial charge in [0.05, 0.1) is 6.33 Å². The predicted octanol–water partition coefficient (Wildman–Crippen LogP) is 2.38. The molecule has 1 saturated heterocycles. The second kappa shape index (κ2) is 5.82. The lowest BCUT2D eigenvalue weighted by Crippen LogP contribution is -2.40. The fraction of sp³-hybridized carbons (Fsp3) is 0.750. The third-order valence-corrected chi connectivity index (χ3v) is 4.59. The van der Waals surface area contributed by atoms with Crippen LogP contribution in [0.15, 0.2) is 18.7 Å². The van der Waals surface area contributed by atoms with Crippen LogP contribution in [0.25, 0.3) is 0 Å². The van der Waals surface area contributed by atoms with Crippen LogP contribution in [0.5, 0.6) is 0 Å². The Labute approximate surface area is 106 Å². The van der Waals surface area contributed by atoms with E-state index in [1.165, 1.54) is 32.5 Å². The summed E-state index contributed by atoms with van der Waals surface area (Å²) in [5.74, 6) is 0.824. The number of rotatable bonds is 4. The summed E-state index contributed by atoms with van der Waals surface area (Å²) >= 11 is 3.77. The van der Waals surface area contributed by atoms with E-state index in [0.717, 1.165) is 12.5 Å². The average Bonchev–Trinajstić information content (AvgIpc) is 2.76. The summed E-state index contributed by atoms with van der Waals surface area (Å²) in [7, 11) is 0. The van der Waals surface area contributed by atoms with Gasteiger partial charge in [0, 0.05) is 30.3 Å². The van der Waals surface area contributed by atoms with Gasteiger partial charge in [-0.25, -0.2) is 4.98 Å². The van der Waals surface area contributed by atoms with Gasteiger partial charge in [0.2, 0.25) is 0 Å². The molecule has 0 amide bonds. The molecule has 1 aliphatic heterocycles. The minimum Gasteiger partial charge on any atom is -0.337 e. The van der Waals surface area contributed by atoms with E-state index in [4.69, 9.17) is 0 Å². The minimum absolute atomic E-state index is 0.675. The molecule has 0 N–H and O–H groups in total. The Bertz CT molecular complexity index is 299. The summed E-state index contributed by atoms with van der Waals surface area (Å²) < 4.78 is 2.15. The first-order valence-electron chi connectivity index (χ1n) is 6.08. The summed E-state index contributed by atoms with van der Waals surface area (Å²) in [4.78, 5) is 7.29. The SMILES string of the molecule is CC1CCN(CCCn2ccnc2)CC1Br. The maximum absolute atomic E-state index is 4.05. The summed E-state index contributed by atoms with van der Waals surface area (Å²) in [5, 5.41) is 0. The van der Waals surface area contributed by atoms with E-state index in [-0.39, 0.29) is 0 Å². The summed E-state index contributed by atoms with van der Waals surface area (Å²) in [6.07, 6.45) is 8.31. The van der Waals surface area contributed by atoms with Crippen molar-refractivity contribution in [3.63, 3.8) is 0 Å². The Balaban J connectivity index is 1.67. The lowest BCUT2D eigenvalue weighted by molar-refractivity contribution is 0.196. The second-order valence-corrected chi connectivity index (χ2v) is 5.91. The molecule has 0 aromatic carbocycles. The predicted molar refractivity (Wildman–Crippen MR) is 69.8 cm³/mol. The van der Waals surface area contributed by atoms with Gasteiger partial charge >= 0.3 is 0 Å². The number of imidazole rings is 1. The van der Waals surface area contributed by atoms with Gasteiger partial charge in [-0.3, -0.25) is 0 Å². The number of piperidine rings is 1. The normalized spacial score (nSPS) is 27.1. The van der Waals surface area contributed by atoms with Crippen LogP contribution in [0.2, 0.25) is 0 Å². The Morgan fingerprint density at radius 3 is 3.00 bits per heavy atom. The zero-order chi connectivity index (χ0) is 11.4. The van der Waals surface area contributed by atoms with Crippen molar-refractivity contribution in [2.45, 2.75) is 31.1 Å². The maximum atomic E-state index is 4.05. The molecule has 1 aromatic rings. The molecule has 16 heavy (non-hydrogen) atoms. The highest BCUT2D eigenvalue weighted by Crippen LogP contribution is 2.23. The van der Waals surface area contributed by atoms with Crippen molar-refractivity contribution in [3.8, 4) is 0 Å². The standard InChI is InChI=1S/C12H20BrN3/c1-11-3-7-15(9-12(11)13)5-2-6-16-8-4-14-10-16/h4,8,10-12H,2-3,5-7,9H2,1H3. The molecule has 2 unspecified atom stereocenters. The zero-order valence-corrected chi connectivity index (χ0v) is 11.4. The van der Waals surface area contributed by atoms with Gasteiger partial charge in [-0.2, -0.15) is 0 Å². The van der Waals surface area contributed by atoms with E-state index in [1.54, 1.807) is 0 Å². The van der Waals surface area contributed by atoms with Crippen LogP contribution in [-0.2, 0) is 6.54 Å². The third kappa shape index (κ3) is 3.32. The number of likely N-dealkylation sites (tertiary alicyclic amines) is 1. The molecular formula is C12H20BrN3. The molecule has 3 nitrogen and oxygen atoms in total. The Morgan fingerprint density at radius 1 is 1.44 bits per heavy atom. The number of hydrogen-bond donors (Lipinski definition) is 0. The van der Waals surface area contributed by atoms with Crippen LogP contribution in [0.1, 0.15) is 19.8 Å². The van der Waals surface area contributed by atoms with Gasteiger partial charge in [0.25, 0.3) is 0 Å². The minimum atomic E-state index is 0.675. The third-order valence-electron chi connectivity index (χ3n) is 3.40. The molecule has 4 heteroatoms. The fourth-order valence-electron chi connectivity index (χ4n) is 2.18. The summed E-state index contributed by atoms with van der Waals surface area (Å²) in [6, 6.07) is 0. The van der Waals surface area contributed by atoms with Crippen molar-refractivity contribution in [2.75, 3.05) is 19.6 Å². The molecule has 2 heterocycles. The molecular weight excluding hydrogens is 266 g/mol. The Hall–Kier alpha value is -0.350. The summed E-state index contributed by atoms with van der Waals surface area (Å²) in [6.45, 7) is 7.08. The van der Waals surface area contributed by atoms with E-state index in [2.05, 4.69) is 37.3 Å². The van der Waals surface area contributed by atoms with Gasteiger partial charge < -0.3 is 9.47 Å². The van der Waals surface area contributed by atoms with E-state index < -0.39 is 0 Å². The first-order valence-corrected chi connectivity index (χ1v) is 6.99. The molecule has 0 bridgehead atoms. The number of alkyl halides is 1. The molecule has 0 spiro atoms. The van der Waals surface area contributed by atoms with E-state index in [9.17, 15) is 0 Å². The van der Waals surface area contributed by atoms with Crippen LogP contribution in [0, 0.1) is 5.92 Å². The highest BCUT2D eigenvalue weighted by molar-refractivity contribution is 9.09. The van der Waals surface area contributed by atoms with Crippen LogP contribution in [0.4, 0.5) is 0 Å². The van der Waals surface area contributed by atoms with E-state index >= 15 is 0 Å². The number of hydrogen-bond acceptors (Lipinski definition) is 2. The van der Waals surface area contributed by atoms with Crippen molar-refractivity contribution < 1.29 is 0 Å². The van der Waals surface area contributed by atoms with Crippen molar-refractivity contribution in [3.05, 3.63) is 18.7 Å². The topological polar surface area (TPSA) is 21.1 Å². The fourth-order valence-corrected chi connectivity index (χ4v) is 2.86. The smallest absolute Gasteiger partial charge is 0.0945 e. The molecule has 2 rings (SSSR count). The van der Waals surface area contributed by atoms with E-state index in [0.29, 0.717) is 4.83 Å². The lowest BCUT2D eigenvalue weighted by Gasteiger charge is -2.34. The second-order valence-electron chi connectivity index (χ2n) is 4.74. The number of halogens is 1. The average molecular weight is 286 g/mol. The van der Waals surface area contributed by atoms with Crippen LogP contribution >= 0.6 is 15.9 Å². The first-order chi connectivity index (χ1) is 7.75.